The van der Waals surface area contributed by atoms with Crippen molar-refractivity contribution in [2.24, 2.45) is 4.40 Å². The van der Waals surface area contributed by atoms with E-state index in [2.05, 4.69) is 27.1 Å². The highest BCUT2D eigenvalue weighted by Crippen LogP contribution is 2.37. The number of halogens is 3. The molecular formula is C13H20F3N3S2. The molecule has 0 saturated carbocycles. The first-order chi connectivity index (χ1) is 9.91. The molecule has 1 unspecified atom stereocenters. The highest BCUT2D eigenvalue weighted by atomic mass is 32.2. The summed E-state index contributed by atoms with van der Waals surface area (Å²) >= 11 is 2.95. The van der Waals surface area contributed by atoms with Crippen LogP contribution in [0.4, 0.5) is 13.2 Å². The van der Waals surface area contributed by atoms with E-state index in [0.29, 0.717) is 12.2 Å². The normalized spacial score (nSPS) is 27.1. The molecule has 0 bridgehead atoms. The maximum absolute atomic E-state index is 12.1. The molecule has 8 heteroatoms. The van der Waals surface area contributed by atoms with Crippen molar-refractivity contribution < 1.29 is 13.2 Å². The summed E-state index contributed by atoms with van der Waals surface area (Å²) in [7, 11) is 2.08. The summed E-state index contributed by atoms with van der Waals surface area (Å²) < 4.78 is 43.9. The van der Waals surface area contributed by atoms with Crippen LogP contribution in [0.25, 0.3) is 0 Å². The van der Waals surface area contributed by atoms with Gasteiger partial charge < -0.3 is 4.90 Å². The minimum atomic E-state index is -4.04. The molecule has 2 aliphatic rings. The zero-order valence-corrected chi connectivity index (χ0v) is 13.6. The summed E-state index contributed by atoms with van der Waals surface area (Å²) in [5.41, 5.74) is 1.26. The van der Waals surface area contributed by atoms with Crippen LogP contribution in [0.1, 0.15) is 25.7 Å². The quantitative estimate of drug-likeness (QED) is 0.454. The molecule has 0 spiro atoms. The van der Waals surface area contributed by atoms with Gasteiger partial charge in [-0.15, -0.1) is 11.8 Å². The van der Waals surface area contributed by atoms with E-state index in [1.54, 1.807) is 11.8 Å². The fourth-order valence-corrected chi connectivity index (χ4v) is 4.48. The number of alkyl halides is 3. The van der Waals surface area contributed by atoms with Crippen LogP contribution in [-0.4, -0.2) is 48.1 Å². The largest absolute Gasteiger partial charge is 0.389 e. The third kappa shape index (κ3) is 5.19. The molecule has 0 radical (unpaired) electrons. The lowest BCUT2D eigenvalue weighted by molar-refractivity contribution is -0.135. The van der Waals surface area contributed by atoms with E-state index in [1.807, 2.05) is 6.21 Å². The lowest BCUT2D eigenvalue weighted by Gasteiger charge is -2.34. The maximum atomic E-state index is 12.1. The van der Waals surface area contributed by atoms with Crippen molar-refractivity contribution in [2.45, 2.75) is 36.7 Å². The van der Waals surface area contributed by atoms with Crippen molar-refractivity contribution >= 4 is 30.1 Å². The number of rotatable bonds is 6. The second-order valence-corrected chi connectivity index (χ2v) is 7.28. The van der Waals surface area contributed by atoms with Gasteiger partial charge in [0.05, 0.1) is 12.1 Å². The molecule has 2 rings (SSSR count). The predicted molar refractivity (Wildman–Crippen MR) is 84.5 cm³/mol. The Balaban J connectivity index is 1.85. The summed E-state index contributed by atoms with van der Waals surface area (Å²) in [6.07, 6.45) is 1.14. The van der Waals surface area contributed by atoms with Crippen LogP contribution in [0.5, 0.6) is 0 Å². The van der Waals surface area contributed by atoms with Gasteiger partial charge in [-0.05, 0) is 37.6 Å². The molecule has 0 amide bonds. The molecule has 120 valence electrons. The third-order valence-electron chi connectivity index (χ3n) is 3.49. The lowest BCUT2D eigenvalue weighted by atomic mass is 10.0. The van der Waals surface area contributed by atoms with Gasteiger partial charge in [0.1, 0.15) is 4.87 Å². The molecule has 0 aromatic carbocycles. The van der Waals surface area contributed by atoms with Gasteiger partial charge in [0, 0.05) is 25.7 Å². The number of nitrogens with zero attached hydrogens (tertiary/aromatic N) is 2. The molecule has 21 heavy (non-hydrogen) atoms. The SMILES string of the molecule is CN1CCC=C(C2(SCCCCC(F)(F)F)C=NSN2)C1. The smallest absolute Gasteiger partial charge is 0.302 e. The van der Waals surface area contributed by atoms with Gasteiger partial charge >= 0.3 is 6.18 Å². The standard InChI is InChI=1S/C13H20F3N3S2/c1-19-7-4-5-11(9-19)12(10-17-21-18-12)20-8-3-2-6-13(14,15)16/h5,10,18H,2-4,6-9H2,1H3. The van der Waals surface area contributed by atoms with Crippen LogP contribution >= 0.6 is 23.9 Å². The van der Waals surface area contributed by atoms with Crippen molar-refractivity contribution in [1.82, 2.24) is 9.62 Å². The molecular weight excluding hydrogens is 319 g/mol. The monoisotopic (exact) mass is 339 g/mol. The van der Waals surface area contributed by atoms with Gasteiger partial charge in [0.25, 0.3) is 0 Å². The highest BCUT2D eigenvalue weighted by Gasteiger charge is 2.37. The van der Waals surface area contributed by atoms with Crippen LogP contribution in [0.3, 0.4) is 0 Å². The second kappa shape index (κ2) is 7.39. The van der Waals surface area contributed by atoms with Crippen molar-refractivity contribution in [3.8, 4) is 0 Å². The number of hydrogen-bond donors (Lipinski definition) is 1. The molecule has 3 nitrogen and oxygen atoms in total. The van der Waals surface area contributed by atoms with Gasteiger partial charge in [0.2, 0.25) is 0 Å². The average Bonchev–Trinajstić information content (AvgIpc) is 2.87. The second-order valence-electron chi connectivity index (χ2n) is 5.34. The molecule has 0 saturated heterocycles. The summed E-state index contributed by atoms with van der Waals surface area (Å²) in [6.45, 7) is 1.91. The Morgan fingerprint density at radius 3 is 2.90 bits per heavy atom. The fourth-order valence-electron chi connectivity index (χ4n) is 2.35. The molecule has 0 aliphatic carbocycles. The van der Waals surface area contributed by atoms with Gasteiger partial charge in [-0.2, -0.15) is 13.2 Å². The minimum absolute atomic E-state index is 0.190. The van der Waals surface area contributed by atoms with Crippen LogP contribution in [0.2, 0.25) is 0 Å². The molecule has 2 heterocycles. The number of thioether (sulfide) groups is 1. The first-order valence-corrected chi connectivity index (χ1v) is 8.74. The predicted octanol–water partition coefficient (Wildman–Crippen LogP) is 3.65. The zero-order valence-electron chi connectivity index (χ0n) is 11.9. The number of nitrogens with one attached hydrogen (secondary N) is 1. The first-order valence-electron chi connectivity index (χ1n) is 6.98. The van der Waals surface area contributed by atoms with E-state index >= 15 is 0 Å². The fraction of sp³-hybridized carbons (Fsp3) is 0.769. The van der Waals surface area contributed by atoms with E-state index < -0.39 is 12.6 Å². The van der Waals surface area contributed by atoms with Gasteiger partial charge in [-0.25, -0.2) is 9.12 Å². The third-order valence-corrected chi connectivity index (χ3v) is 5.66. The summed E-state index contributed by atoms with van der Waals surface area (Å²) in [6, 6.07) is 0. The van der Waals surface area contributed by atoms with Crippen LogP contribution in [0.15, 0.2) is 16.0 Å². The van der Waals surface area contributed by atoms with Gasteiger partial charge in [-0.3, -0.25) is 0 Å². The highest BCUT2D eigenvalue weighted by molar-refractivity contribution is 8.04. The van der Waals surface area contributed by atoms with Crippen molar-refractivity contribution in [1.29, 1.82) is 0 Å². The Bertz CT molecular complexity index is 412. The average molecular weight is 339 g/mol. The van der Waals surface area contributed by atoms with Gasteiger partial charge in [-0.1, -0.05) is 6.08 Å². The number of unbranched alkanes of at least 4 members (excludes halogenated alkanes) is 1. The molecule has 1 atom stereocenters. The molecule has 2 aliphatic heterocycles. The Hall–Kier alpha value is -0.180. The minimum Gasteiger partial charge on any atom is -0.302 e. The maximum Gasteiger partial charge on any atom is 0.389 e. The molecule has 0 fully saturated rings. The van der Waals surface area contributed by atoms with E-state index in [0.717, 1.165) is 19.5 Å². The van der Waals surface area contributed by atoms with E-state index in [1.165, 1.54) is 17.7 Å². The topological polar surface area (TPSA) is 27.6 Å². The van der Waals surface area contributed by atoms with Crippen molar-refractivity contribution in [3.63, 3.8) is 0 Å². The Morgan fingerprint density at radius 1 is 1.48 bits per heavy atom. The molecule has 0 aromatic heterocycles. The summed E-state index contributed by atoms with van der Waals surface area (Å²) in [5, 5.41) is 0. The zero-order chi connectivity index (χ0) is 15.3. The van der Waals surface area contributed by atoms with E-state index in [4.69, 9.17) is 0 Å². The Morgan fingerprint density at radius 2 is 2.29 bits per heavy atom. The first kappa shape index (κ1) is 17.2. The Kier molecular flexibility index (Phi) is 6.05. The lowest BCUT2D eigenvalue weighted by Crippen LogP contribution is -2.44. The Labute approximate surface area is 132 Å². The number of likely N-dealkylation sites (N-methyl/N-ethyl adjacent to an activating group) is 1. The van der Waals surface area contributed by atoms with Crippen LogP contribution in [0, 0.1) is 0 Å². The van der Waals surface area contributed by atoms with Gasteiger partial charge in [0.15, 0.2) is 0 Å². The van der Waals surface area contributed by atoms with Crippen LogP contribution < -0.4 is 4.72 Å². The van der Waals surface area contributed by atoms with Crippen molar-refractivity contribution in [3.05, 3.63) is 11.6 Å². The van der Waals surface area contributed by atoms with E-state index in [-0.39, 0.29) is 11.3 Å². The number of hydrogen-bond acceptors (Lipinski definition) is 5. The van der Waals surface area contributed by atoms with Crippen LogP contribution in [-0.2, 0) is 0 Å². The summed E-state index contributed by atoms with van der Waals surface area (Å²) in [4.78, 5) is 1.90. The molecule has 1 N–H and O–H groups in total. The molecule has 0 aromatic rings. The summed E-state index contributed by atoms with van der Waals surface area (Å²) in [5.74, 6) is 0.691. The van der Waals surface area contributed by atoms with Crippen molar-refractivity contribution in [2.75, 3.05) is 25.9 Å². The van der Waals surface area contributed by atoms with E-state index in [9.17, 15) is 13.2 Å².